The van der Waals surface area contributed by atoms with Gasteiger partial charge in [0, 0.05) is 35.7 Å². The van der Waals surface area contributed by atoms with Gasteiger partial charge in [-0.15, -0.1) is 0 Å². The van der Waals surface area contributed by atoms with Gasteiger partial charge in [-0.25, -0.2) is 0 Å². The van der Waals surface area contributed by atoms with E-state index in [1.807, 2.05) is 0 Å². The number of hydrogen-bond acceptors (Lipinski definition) is 10. The predicted molar refractivity (Wildman–Crippen MR) is 149 cm³/mol. The third kappa shape index (κ3) is 4.16. The first-order chi connectivity index (χ1) is 19.3. The number of ether oxygens (including phenoxy) is 1. The predicted octanol–water partition coefficient (Wildman–Crippen LogP) is 1.80. The van der Waals surface area contributed by atoms with Crippen LogP contribution < -0.4 is 15.8 Å². The van der Waals surface area contributed by atoms with Crippen LogP contribution in [0.25, 0.3) is 0 Å². The van der Waals surface area contributed by atoms with Crippen molar-refractivity contribution in [2.75, 3.05) is 27.7 Å². The molecule has 0 saturated heterocycles. The van der Waals surface area contributed by atoms with Crippen LogP contribution in [0.3, 0.4) is 0 Å². The number of phenols is 1. The summed E-state index contributed by atoms with van der Waals surface area (Å²) in [6, 6.07) is 0.434. The Balaban J connectivity index is 1.57. The van der Waals surface area contributed by atoms with E-state index in [9.17, 15) is 34.8 Å². The molecule has 11 heteroatoms. The molecule has 0 bridgehead atoms. The molecular weight excluding hydrogens is 530 g/mol. The number of carbonyl (C=O) groups excluding carboxylic acids is 3. The van der Waals surface area contributed by atoms with E-state index >= 15 is 0 Å². The zero-order chi connectivity index (χ0) is 30.0. The van der Waals surface area contributed by atoms with Crippen molar-refractivity contribution in [3.8, 4) is 11.5 Å². The van der Waals surface area contributed by atoms with Crippen molar-refractivity contribution in [2.24, 2.45) is 23.0 Å². The molecule has 7 N–H and O–H groups in total. The quantitative estimate of drug-likeness (QED) is 0.253. The second-order valence-electron chi connectivity index (χ2n) is 12.2. The standard InChI is InChI=1S/C30H39N3O8/c1-5-29(7-6-8-29)13-32-12-15-11-18(34)20-16(25(15)41-4)9-14-10-17-22(33(2)3)24(36)21(28(31)39)27(38)30(17,40)26(37)19(14)23(20)35/h11,14,17,22,32,34,36-37,40H,5-10,12-13H2,1-4H3,(H2,31,39)/t14-,17-,22-,30-/m0/s1. The number of fused-ring (bicyclic) bond motifs is 3. The summed E-state index contributed by atoms with van der Waals surface area (Å²) < 4.78 is 5.77. The summed E-state index contributed by atoms with van der Waals surface area (Å²) in [5, 5.41) is 48.6. The number of primary amides is 1. The lowest BCUT2D eigenvalue weighted by atomic mass is 9.58. The summed E-state index contributed by atoms with van der Waals surface area (Å²) in [5.74, 6) is -6.29. The van der Waals surface area contributed by atoms with Crippen molar-refractivity contribution < 1.29 is 39.5 Å². The van der Waals surface area contributed by atoms with E-state index in [0.29, 0.717) is 23.4 Å². The summed E-state index contributed by atoms with van der Waals surface area (Å²) in [5.41, 5.74) is 3.09. The lowest BCUT2D eigenvalue weighted by molar-refractivity contribution is -0.148. The molecule has 1 aromatic rings. The van der Waals surface area contributed by atoms with Crippen molar-refractivity contribution in [3.05, 3.63) is 45.4 Å². The number of allylic oxidation sites excluding steroid dienone is 1. The van der Waals surface area contributed by atoms with E-state index in [4.69, 9.17) is 10.5 Å². The number of phenolic OH excluding ortho intramolecular Hbond substituents is 1. The molecule has 0 spiro atoms. The number of aromatic hydroxyl groups is 1. The SMILES string of the molecule is CCC1(CNCc2cc(O)c3c(c2OC)C[C@H]2C[C@H]4[C@H](N(C)C)C(O)=C(C(N)=O)C(=O)[C@@]4(O)C(O)=C2C3=O)CCC1. The number of nitrogens with two attached hydrogens (primary N) is 1. The van der Waals surface area contributed by atoms with E-state index in [1.54, 1.807) is 14.1 Å². The van der Waals surface area contributed by atoms with Crippen molar-refractivity contribution in [1.29, 1.82) is 0 Å². The molecule has 0 aromatic heterocycles. The van der Waals surface area contributed by atoms with E-state index in [1.165, 1.54) is 37.3 Å². The maximum Gasteiger partial charge on any atom is 0.255 e. The van der Waals surface area contributed by atoms with Crippen molar-refractivity contribution >= 4 is 17.5 Å². The summed E-state index contributed by atoms with van der Waals surface area (Å²) in [7, 11) is 4.69. The average molecular weight is 570 g/mol. The highest BCUT2D eigenvalue weighted by atomic mass is 16.5. The van der Waals surface area contributed by atoms with Gasteiger partial charge in [-0.05, 0) is 63.6 Å². The van der Waals surface area contributed by atoms with Gasteiger partial charge in [0.2, 0.25) is 5.78 Å². The number of aliphatic hydroxyl groups excluding tert-OH is 2. The largest absolute Gasteiger partial charge is 0.510 e. The molecule has 222 valence electrons. The lowest BCUT2D eigenvalue weighted by Crippen LogP contribution is -2.63. The Hall–Kier alpha value is -3.41. The molecule has 0 unspecified atom stereocenters. The van der Waals surface area contributed by atoms with Gasteiger partial charge >= 0.3 is 0 Å². The molecule has 1 saturated carbocycles. The van der Waals surface area contributed by atoms with Crippen LogP contribution in [-0.2, 0) is 22.6 Å². The fraction of sp³-hybridized carbons (Fsp3) is 0.567. The van der Waals surface area contributed by atoms with E-state index in [0.717, 1.165) is 13.0 Å². The highest BCUT2D eigenvalue weighted by Gasteiger charge is 2.63. The fourth-order valence-electron chi connectivity index (χ4n) is 7.54. The molecule has 11 nitrogen and oxygen atoms in total. The van der Waals surface area contributed by atoms with Gasteiger partial charge in [0.15, 0.2) is 11.4 Å². The molecule has 0 aliphatic heterocycles. The molecule has 0 heterocycles. The molecule has 41 heavy (non-hydrogen) atoms. The molecule has 4 aliphatic rings. The van der Waals surface area contributed by atoms with Gasteiger partial charge in [0.05, 0.1) is 18.7 Å². The van der Waals surface area contributed by atoms with Crippen molar-refractivity contribution in [2.45, 2.75) is 63.6 Å². The smallest absolute Gasteiger partial charge is 0.255 e. The third-order valence-corrected chi connectivity index (χ3v) is 9.93. The fourth-order valence-corrected chi connectivity index (χ4v) is 7.54. The van der Waals surface area contributed by atoms with Crippen molar-refractivity contribution in [3.63, 3.8) is 0 Å². The van der Waals surface area contributed by atoms with E-state index < -0.39 is 58.0 Å². The van der Waals surface area contributed by atoms with Crippen LogP contribution in [-0.4, -0.2) is 82.2 Å². The lowest BCUT2D eigenvalue weighted by Gasteiger charge is -2.50. The maximum absolute atomic E-state index is 13.9. The van der Waals surface area contributed by atoms with E-state index in [-0.39, 0.29) is 35.1 Å². The van der Waals surface area contributed by atoms with Crippen LogP contribution >= 0.6 is 0 Å². The zero-order valence-corrected chi connectivity index (χ0v) is 23.9. The molecule has 4 aliphatic carbocycles. The Kier molecular flexibility index (Phi) is 7.20. The van der Waals surface area contributed by atoms with Crippen LogP contribution in [0.1, 0.15) is 60.5 Å². The van der Waals surface area contributed by atoms with Crippen LogP contribution in [0.2, 0.25) is 0 Å². The minimum atomic E-state index is -2.66. The van der Waals surface area contributed by atoms with Gasteiger partial charge in [-0.3, -0.25) is 19.3 Å². The average Bonchev–Trinajstić information content (AvgIpc) is 2.87. The Morgan fingerprint density at radius 2 is 1.90 bits per heavy atom. The molecule has 5 rings (SSSR count). The molecule has 4 atom stereocenters. The minimum Gasteiger partial charge on any atom is -0.510 e. The van der Waals surface area contributed by atoms with Crippen LogP contribution in [0.4, 0.5) is 0 Å². The molecule has 1 aromatic carbocycles. The summed E-state index contributed by atoms with van der Waals surface area (Å²) in [6.07, 6.45) is 4.85. The summed E-state index contributed by atoms with van der Waals surface area (Å²) in [4.78, 5) is 40.9. The van der Waals surface area contributed by atoms with Crippen molar-refractivity contribution in [1.82, 2.24) is 10.2 Å². The number of hydrogen-bond donors (Lipinski definition) is 6. The number of aliphatic hydroxyl groups is 3. The number of benzene rings is 1. The summed E-state index contributed by atoms with van der Waals surface area (Å²) >= 11 is 0. The number of Topliss-reactive ketones (excluding diaryl/α,β-unsaturated/α-hetero) is 2. The van der Waals surface area contributed by atoms with E-state index in [2.05, 4.69) is 12.2 Å². The monoisotopic (exact) mass is 569 g/mol. The number of rotatable bonds is 8. The summed E-state index contributed by atoms with van der Waals surface area (Å²) in [6.45, 7) is 3.44. The molecule has 1 amide bonds. The maximum atomic E-state index is 13.9. The Morgan fingerprint density at radius 3 is 2.44 bits per heavy atom. The zero-order valence-electron chi connectivity index (χ0n) is 23.9. The minimum absolute atomic E-state index is 0.0250. The number of nitrogens with zero attached hydrogens (tertiary/aromatic N) is 1. The molecule has 1 fully saturated rings. The number of ketones is 2. The highest BCUT2D eigenvalue weighted by Crippen LogP contribution is 2.53. The number of carbonyl (C=O) groups is 3. The number of methoxy groups -OCH3 is 1. The van der Waals surface area contributed by atoms with Crippen LogP contribution in [0, 0.1) is 17.3 Å². The topological polar surface area (TPSA) is 183 Å². The number of amides is 1. The van der Waals surface area contributed by atoms with Gasteiger partial charge < -0.3 is 36.2 Å². The van der Waals surface area contributed by atoms with Gasteiger partial charge in [-0.1, -0.05) is 13.3 Å². The first-order valence-electron chi connectivity index (χ1n) is 14.1. The van der Waals surface area contributed by atoms with Gasteiger partial charge in [0.1, 0.15) is 28.6 Å². The van der Waals surface area contributed by atoms with Gasteiger partial charge in [-0.2, -0.15) is 0 Å². The first kappa shape index (κ1) is 29.1. The Labute approximate surface area is 238 Å². The Morgan fingerprint density at radius 1 is 1.22 bits per heavy atom. The highest BCUT2D eigenvalue weighted by molar-refractivity contribution is 6.24. The number of nitrogens with one attached hydrogen (secondary N) is 1. The van der Waals surface area contributed by atoms with Crippen LogP contribution in [0.5, 0.6) is 11.5 Å². The van der Waals surface area contributed by atoms with Gasteiger partial charge in [0.25, 0.3) is 5.91 Å². The second kappa shape index (κ2) is 10.1. The Bertz CT molecular complexity index is 1390. The molecule has 0 radical (unpaired) electrons. The van der Waals surface area contributed by atoms with Crippen LogP contribution in [0.15, 0.2) is 28.7 Å². The third-order valence-electron chi connectivity index (χ3n) is 9.93. The first-order valence-corrected chi connectivity index (χ1v) is 14.1. The molecular formula is C30H39N3O8. The second-order valence-corrected chi connectivity index (χ2v) is 12.2. The number of likely N-dealkylation sites (N-methyl/N-ethyl adjacent to an activating group) is 1. The normalized spacial score (nSPS) is 28.7.